The van der Waals surface area contributed by atoms with Crippen LogP contribution in [0.5, 0.6) is 0 Å². The van der Waals surface area contributed by atoms with E-state index >= 15 is 0 Å². The first-order valence-corrected chi connectivity index (χ1v) is 11.0. The third-order valence-electron chi connectivity index (χ3n) is 6.73. The number of hydrogen-bond acceptors (Lipinski definition) is 3. The number of hydrogen-bond donors (Lipinski definition) is 1. The van der Waals surface area contributed by atoms with Crippen molar-refractivity contribution in [2.75, 3.05) is 0 Å². The Hall–Kier alpha value is -2.95. The lowest BCUT2D eigenvalue weighted by atomic mass is 9.60. The molecule has 1 N–H and O–H groups in total. The molecule has 158 valence electrons. The number of β-lactam (4-membered cyclic amide) rings is 1. The van der Waals surface area contributed by atoms with Crippen LogP contribution in [0.1, 0.15) is 42.2 Å². The van der Waals surface area contributed by atoms with Crippen molar-refractivity contribution in [1.29, 1.82) is 0 Å². The Labute approximate surface area is 183 Å². The molecule has 3 aromatic carbocycles. The summed E-state index contributed by atoms with van der Waals surface area (Å²) in [6.45, 7) is 2.57. The van der Waals surface area contributed by atoms with Gasteiger partial charge < -0.3 is 14.7 Å². The number of ether oxygens (including phenoxy) is 1. The molecule has 0 radical (unpaired) electrons. The molecule has 3 aromatic rings. The van der Waals surface area contributed by atoms with Crippen molar-refractivity contribution in [3.8, 4) is 0 Å². The molecule has 2 heterocycles. The van der Waals surface area contributed by atoms with E-state index in [1.165, 1.54) is 0 Å². The van der Waals surface area contributed by atoms with Crippen molar-refractivity contribution < 1.29 is 14.6 Å². The van der Waals surface area contributed by atoms with Gasteiger partial charge in [0.05, 0.1) is 18.2 Å². The summed E-state index contributed by atoms with van der Waals surface area (Å²) in [5.41, 5.74) is 1.82. The molecule has 2 aliphatic rings. The van der Waals surface area contributed by atoms with E-state index < -0.39 is 11.5 Å². The Bertz CT molecular complexity index is 1040. The lowest BCUT2D eigenvalue weighted by Crippen LogP contribution is -2.68. The fourth-order valence-corrected chi connectivity index (χ4v) is 5.19. The summed E-state index contributed by atoms with van der Waals surface area (Å²) in [4.78, 5) is 15.8. The van der Waals surface area contributed by atoms with Crippen molar-refractivity contribution >= 4 is 5.91 Å². The minimum Gasteiger partial charge on any atom is -0.387 e. The van der Waals surface area contributed by atoms with Crippen LogP contribution in [0.2, 0.25) is 0 Å². The molecule has 2 saturated heterocycles. The molecule has 5 rings (SSSR count). The van der Waals surface area contributed by atoms with Crippen LogP contribution < -0.4 is 0 Å². The first-order chi connectivity index (χ1) is 15.2. The highest BCUT2D eigenvalue weighted by Gasteiger charge is 2.74. The van der Waals surface area contributed by atoms with Gasteiger partial charge in [0.1, 0.15) is 11.5 Å². The molecule has 31 heavy (non-hydrogen) atoms. The summed E-state index contributed by atoms with van der Waals surface area (Å²) in [6.07, 6.45) is -0.425. The molecule has 2 fully saturated rings. The second-order valence-corrected chi connectivity index (χ2v) is 8.48. The van der Waals surface area contributed by atoms with Crippen molar-refractivity contribution in [1.82, 2.24) is 4.90 Å². The molecule has 0 spiro atoms. The predicted molar refractivity (Wildman–Crippen MR) is 119 cm³/mol. The van der Waals surface area contributed by atoms with E-state index in [-0.39, 0.29) is 24.2 Å². The van der Waals surface area contributed by atoms with Gasteiger partial charge in [0.15, 0.2) is 0 Å². The SMILES string of the molecule is CC[C@@H]1O[C@@H]1[C@@]1([C@H](O)c2ccccc2)C(=O)N(Cc2ccccc2)[C@@H]1c1ccccc1. The van der Waals surface area contributed by atoms with E-state index in [4.69, 9.17) is 4.74 Å². The fourth-order valence-electron chi connectivity index (χ4n) is 5.19. The number of likely N-dealkylation sites (tertiary alicyclic amines) is 1. The highest BCUT2D eigenvalue weighted by atomic mass is 16.6. The Kier molecular flexibility index (Phi) is 5.12. The largest absolute Gasteiger partial charge is 0.387 e. The van der Waals surface area contributed by atoms with Gasteiger partial charge in [0.2, 0.25) is 5.91 Å². The Morgan fingerprint density at radius 1 is 0.935 bits per heavy atom. The number of epoxide rings is 1. The predicted octanol–water partition coefficient (Wildman–Crippen LogP) is 4.67. The molecule has 5 atom stereocenters. The molecule has 2 aliphatic heterocycles. The number of carbonyl (C=O) groups is 1. The number of aliphatic hydroxyl groups excluding tert-OH is 1. The zero-order valence-electron chi connectivity index (χ0n) is 17.6. The summed E-state index contributed by atoms with van der Waals surface area (Å²) >= 11 is 0. The monoisotopic (exact) mass is 413 g/mol. The van der Waals surface area contributed by atoms with Gasteiger partial charge >= 0.3 is 0 Å². The van der Waals surface area contributed by atoms with Gasteiger partial charge in [-0.2, -0.15) is 0 Å². The lowest BCUT2D eigenvalue weighted by molar-refractivity contribution is -0.197. The number of benzene rings is 3. The normalized spacial score (nSPS) is 28.1. The van der Waals surface area contributed by atoms with E-state index in [2.05, 4.69) is 6.92 Å². The van der Waals surface area contributed by atoms with Crippen molar-refractivity contribution in [3.63, 3.8) is 0 Å². The molecule has 1 amide bonds. The van der Waals surface area contributed by atoms with Gasteiger partial charge in [0, 0.05) is 6.54 Å². The topological polar surface area (TPSA) is 53.1 Å². The Morgan fingerprint density at radius 2 is 1.52 bits per heavy atom. The molecule has 0 aromatic heterocycles. The number of amides is 1. The van der Waals surface area contributed by atoms with Crippen LogP contribution in [0.4, 0.5) is 0 Å². The van der Waals surface area contributed by atoms with Gasteiger partial charge in [-0.15, -0.1) is 0 Å². The maximum absolute atomic E-state index is 13.9. The van der Waals surface area contributed by atoms with Crippen LogP contribution in [0.15, 0.2) is 91.0 Å². The summed E-state index contributed by atoms with van der Waals surface area (Å²) in [6, 6.07) is 29.3. The first kappa shape index (κ1) is 20.0. The van der Waals surface area contributed by atoms with E-state index in [1.54, 1.807) is 0 Å². The second-order valence-electron chi connectivity index (χ2n) is 8.48. The summed E-state index contributed by atoms with van der Waals surface area (Å²) in [5, 5.41) is 11.7. The van der Waals surface area contributed by atoms with Crippen LogP contribution in [0.25, 0.3) is 0 Å². The fraction of sp³-hybridized carbons (Fsp3) is 0.296. The van der Waals surface area contributed by atoms with Crippen molar-refractivity contribution in [2.45, 2.75) is 44.2 Å². The van der Waals surface area contributed by atoms with Crippen LogP contribution in [-0.2, 0) is 16.1 Å². The lowest BCUT2D eigenvalue weighted by Gasteiger charge is -2.58. The summed E-state index contributed by atoms with van der Waals surface area (Å²) < 4.78 is 6.03. The van der Waals surface area contributed by atoms with E-state index in [0.717, 1.165) is 23.1 Å². The number of nitrogens with zero attached hydrogens (tertiary/aromatic N) is 1. The average molecular weight is 414 g/mol. The first-order valence-electron chi connectivity index (χ1n) is 11.0. The van der Waals surface area contributed by atoms with E-state index in [1.807, 2.05) is 95.9 Å². The molecule has 0 saturated carbocycles. The molecule has 4 heteroatoms. The average Bonchev–Trinajstić information content (AvgIpc) is 3.62. The zero-order chi connectivity index (χ0) is 21.4. The molecule has 4 nitrogen and oxygen atoms in total. The minimum absolute atomic E-state index is 0.00704. The third-order valence-corrected chi connectivity index (χ3v) is 6.73. The Morgan fingerprint density at radius 3 is 2.10 bits per heavy atom. The maximum Gasteiger partial charge on any atom is 0.237 e. The van der Waals surface area contributed by atoms with Crippen LogP contribution in [0.3, 0.4) is 0 Å². The van der Waals surface area contributed by atoms with Crippen molar-refractivity contribution in [3.05, 3.63) is 108 Å². The van der Waals surface area contributed by atoms with Crippen LogP contribution in [-0.4, -0.2) is 28.1 Å². The van der Waals surface area contributed by atoms with Gasteiger partial charge in [-0.3, -0.25) is 4.79 Å². The van der Waals surface area contributed by atoms with Gasteiger partial charge in [-0.25, -0.2) is 0 Å². The second kappa shape index (κ2) is 7.95. The number of carbonyl (C=O) groups excluding carboxylic acids is 1. The van der Waals surface area contributed by atoms with Crippen molar-refractivity contribution in [2.24, 2.45) is 5.41 Å². The molecular formula is C27H27NO3. The highest BCUT2D eigenvalue weighted by Crippen LogP contribution is 2.64. The molecular weight excluding hydrogens is 386 g/mol. The summed E-state index contributed by atoms with van der Waals surface area (Å²) in [7, 11) is 0. The molecule has 0 aliphatic carbocycles. The van der Waals surface area contributed by atoms with Crippen LogP contribution in [0, 0.1) is 5.41 Å². The maximum atomic E-state index is 13.9. The third kappa shape index (κ3) is 3.18. The highest BCUT2D eigenvalue weighted by molar-refractivity contribution is 5.93. The zero-order valence-corrected chi connectivity index (χ0v) is 17.6. The van der Waals surface area contributed by atoms with Gasteiger partial charge in [0.25, 0.3) is 0 Å². The van der Waals surface area contributed by atoms with Gasteiger partial charge in [-0.05, 0) is 23.1 Å². The smallest absolute Gasteiger partial charge is 0.237 e. The van der Waals surface area contributed by atoms with Crippen LogP contribution >= 0.6 is 0 Å². The molecule has 0 bridgehead atoms. The number of rotatable bonds is 7. The summed E-state index contributed by atoms with van der Waals surface area (Å²) in [5.74, 6) is -0.0393. The standard InChI is InChI=1S/C27H27NO3/c1-2-22-25(31-22)27(24(29)21-16-10-5-11-17-21)23(20-14-8-4-9-15-20)28(26(27)30)18-19-12-6-3-7-13-19/h3-17,22-25,29H,2,18H2,1H3/t22-,23+,24+,25-,27+/m0/s1. The van der Waals surface area contributed by atoms with E-state index in [0.29, 0.717) is 6.54 Å². The quantitative estimate of drug-likeness (QED) is 0.452. The Balaban J connectivity index is 1.61. The minimum atomic E-state index is -1.03. The van der Waals surface area contributed by atoms with E-state index in [9.17, 15) is 9.90 Å². The molecule has 0 unspecified atom stereocenters. The van der Waals surface area contributed by atoms with Gasteiger partial charge in [-0.1, -0.05) is 97.9 Å². The number of aliphatic hydroxyl groups is 1.